The molecule has 1 aromatic heterocycles. The predicted octanol–water partition coefficient (Wildman–Crippen LogP) is 0.477. The second-order valence-electron chi connectivity index (χ2n) is 3.95. The Labute approximate surface area is 118 Å². The molecule has 0 amide bonds. The molecule has 20 heavy (non-hydrogen) atoms. The van der Waals surface area contributed by atoms with Crippen LogP contribution in [0.15, 0.2) is 23.4 Å². The van der Waals surface area contributed by atoms with Gasteiger partial charge in [-0.1, -0.05) is 11.6 Å². The summed E-state index contributed by atoms with van der Waals surface area (Å²) in [5, 5.41) is 19.7. The van der Waals surface area contributed by atoms with Crippen molar-refractivity contribution in [3.63, 3.8) is 0 Å². The summed E-state index contributed by atoms with van der Waals surface area (Å²) in [4.78, 5) is 12.1. The summed E-state index contributed by atoms with van der Waals surface area (Å²) in [5.41, 5.74) is -0.0683. The number of halogens is 1. The first kappa shape index (κ1) is 14.4. The van der Waals surface area contributed by atoms with E-state index >= 15 is 0 Å². The number of sulfone groups is 1. The van der Waals surface area contributed by atoms with E-state index in [0.717, 1.165) is 17.1 Å². The van der Waals surface area contributed by atoms with E-state index in [2.05, 4.69) is 15.4 Å². The molecule has 1 heterocycles. The molecule has 0 bridgehead atoms. The van der Waals surface area contributed by atoms with E-state index in [1.54, 1.807) is 0 Å². The number of benzene rings is 1. The molecular formula is C10H9ClN4O4S. The zero-order chi connectivity index (χ0) is 14.9. The highest BCUT2D eigenvalue weighted by molar-refractivity contribution is 7.90. The lowest BCUT2D eigenvalue weighted by Gasteiger charge is -2.11. The topological polar surface area (TPSA) is 115 Å². The first-order valence-corrected chi connectivity index (χ1v) is 7.53. The van der Waals surface area contributed by atoms with Gasteiger partial charge in [0.05, 0.1) is 22.0 Å². The molecule has 0 saturated heterocycles. The molecule has 0 aliphatic rings. The van der Waals surface area contributed by atoms with Crippen LogP contribution in [0.5, 0.6) is 0 Å². The van der Waals surface area contributed by atoms with Crippen LogP contribution in [-0.4, -0.2) is 46.0 Å². The predicted molar refractivity (Wildman–Crippen MR) is 68.4 cm³/mol. The quantitative estimate of drug-likeness (QED) is 0.872. The molecule has 106 valence electrons. The highest BCUT2D eigenvalue weighted by atomic mass is 35.5. The van der Waals surface area contributed by atoms with Crippen molar-refractivity contribution in [3.8, 4) is 0 Å². The van der Waals surface area contributed by atoms with E-state index < -0.39 is 15.8 Å². The number of rotatable bonds is 4. The fourth-order valence-electron chi connectivity index (χ4n) is 1.67. The summed E-state index contributed by atoms with van der Waals surface area (Å²) in [6.45, 7) is -0.0949. The molecule has 2 aromatic rings. The van der Waals surface area contributed by atoms with Gasteiger partial charge < -0.3 is 5.11 Å². The van der Waals surface area contributed by atoms with Gasteiger partial charge in [0.25, 0.3) is 0 Å². The molecular weight excluding hydrogens is 308 g/mol. The summed E-state index contributed by atoms with van der Waals surface area (Å²) >= 11 is 6.00. The Morgan fingerprint density at radius 3 is 2.65 bits per heavy atom. The van der Waals surface area contributed by atoms with Gasteiger partial charge in [-0.2, -0.15) is 4.80 Å². The zero-order valence-electron chi connectivity index (χ0n) is 10.2. The first-order valence-electron chi connectivity index (χ1n) is 5.26. The van der Waals surface area contributed by atoms with Crippen molar-refractivity contribution in [2.45, 2.75) is 11.4 Å². The first-order chi connectivity index (χ1) is 9.30. The van der Waals surface area contributed by atoms with Crippen LogP contribution in [0.1, 0.15) is 15.9 Å². The van der Waals surface area contributed by atoms with E-state index in [0.29, 0.717) is 0 Å². The number of nitrogens with zero attached hydrogens (tertiary/aromatic N) is 4. The van der Waals surface area contributed by atoms with Crippen molar-refractivity contribution in [2.24, 2.45) is 0 Å². The van der Waals surface area contributed by atoms with E-state index in [4.69, 9.17) is 16.7 Å². The SMILES string of the molecule is CS(=O)(=O)c1ccc(C(=O)O)c(Cl)c1Cn1ncnn1. The number of tetrazole rings is 1. The third-order valence-electron chi connectivity index (χ3n) is 2.52. The lowest BCUT2D eigenvalue weighted by molar-refractivity contribution is 0.0697. The van der Waals surface area contributed by atoms with E-state index in [9.17, 15) is 13.2 Å². The van der Waals surface area contributed by atoms with Crippen molar-refractivity contribution in [3.05, 3.63) is 34.6 Å². The maximum absolute atomic E-state index is 11.7. The number of aromatic nitrogens is 4. The third kappa shape index (κ3) is 2.78. The summed E-state index contributed by atoms with van der Waals surface area (Å²) in [6, 6.07) is 2.36. The smallest absolute Gasteiger partial charge is 0.337 e. The van der Waals surface area contributed by atoms with Gasteiger partial charge in [-0.15, -0.1) is 10.2 Å². The largest absolute Gasteiger partial charge is 0.478 e. The second kappa shape index (κ2) is 5.17. The Morgan fingerprint density at radius 2 is 2.15 bits per heavy atom. The molecule has 0 aliphatic heterocycles. The van der Waals surface area contributed by atoms with Gasteiger partial charge in [0.15, 0.2) is 16.2 Å². The lowest BCUT2D eigenvalue weighted by Crippen LogP contribution is -2.12. The number of hydrogen-bond acceptors (Lipinski definition) is 6. The Balaban J connectivity index is 2.65. The molecule has 0 saturated carbocycles. The number of hydrogen-bond donors (Lipinski definition) is 1. The molecule has 1 aromatic carbocycles. The molecule has 2 rings (SSSR count). The van der Waals surface area contributed by atoms with Gasteiger partial charge in [0.2, 0.25) is 0 Å². The monoisotopic (exact) mass is 316 g/mol. The van der Waals surface area contributed by atoms with Crippen molar-refractivity contribution in [1.82, 2.24) is 20.2 Å². The van der Waals surface area contributed by atoms with Crippen molar-refractivity contribution in [2.75, 3.05) is 6.26 Å². The maximum atomic E-state index is 11.7. The van der Waals surface area contributed by atoms with Gasteiger partial charge in [0, 0.05) is 11.8 Å². The summed E-state index contributed by atoms with van der Waals surface area (Å²) < 4.78 is 23.5. The normalized spacial score (nSPS) is 11.5. The third-order valence-corrected chi connectivity index (χ3v) is 4.13. The summed E-state index contributed by atoms with van der Waals surface area (Å²) in [7, 11) is -3.57. The van der Waals surface area contributed by atoms with Crippen molar-refractivity contribution < 1.29 is 18.3 Å². The van der Waals surface area contributed by atoms with Gasteiger partial charge >= 0.3 is 5.97 Å². The lowest BCUT2D eigenvalue weighted by atomic mass is 10.1. The second-order valence-corrected chi connectivity index (χ2v) is 6.31. The van der Waals surface area contributed by atoms with Crippen LogP contribution in [0.3, 0.4) is 0 Å². The van der Waals surface area contributed by atoms with Crippen LogP contribution >= 0.6 is 11.6 Å². The van der Waals surface area contributed by atoms with Gasteiger partial charge in [-0.25, -0.2) is 13.2 Å². The van der Waals surface area contributed by atoms with Gasteiger partial charge in [0.1, 0.15) is 0 Å². The Bertz CT molecular complexity index is 758. The van der Waals surface area contributed by atoms with E-state index in [-0.39, 0.29) is 27.6 Å². The molecule has 0 aliphatic carbocycles. The fourth-order valence-corrected chi connectivity index (χ4v) is 2.96. The maximum Gasteiger partial charge on any atom is 0.337 e. The Hall–Kier alpha value is -2.00. The van der Waals surface area contributed by atoms with Gasteiger partial charge in [-0.05, 0) is 17.3 Å². The van der Waals surface area contributed by atoms with Gasteiger partial charge in [-0.3, -0.25) is 0 Å². The summed E-state index contributed by atoms with van der Waals surface area (Å²) in [6.07, 6.45) is 2.19. The molecule has 8 nitrogen and oxygen atoms in total. The van der Waals surface area contributed by atoms with E-state index in [1.165, 1.54) is 12.4 Å². The minimum atomic E-state index is -3.57. The van der Waals surface area contributed by atoms with Crippen LogP contribution in [0.4, 0.5) is 0 Å². The molecule has 10 heteroatoms. The van der Waals surface area contributed by atoms with Crippen LogP contribution in [0.2, 0.25) is 5.02 Å². The molecule has 0 spiro atoms. The van der Waals surface area contributed by atoms with Crippen LogP contribution in [0, 0.1) is 0 Å². The number of carbonyl (C=O) groups is 1. The molecule has 0 atom stereocenters. The minimum Gasteiger partial charge on any atom is -0.478 e. The summed E-state index contributed by atoms with van der Waals surface area (Å²) in [5.74, 6) is -1.25. The average Bonchev–Trinajstić information content (AvgIpc) is 2.82. The zero-order valence-corrected chi connectivity index (χ0v) is 11.8. The molecule has 0 unspecified atom stereocenters. The van der Waals surface area contributed by atoms with Crippen molar-refractivity contribution in [1.29, 1.82) is 0 Å². The Kier molecular flexibility index (Phi) is 3.73. The highest BCUT2D eigenvalue weighted by Gasteiger charge is 2.22. The van der Waals surface area contributed by atoms with E-state index in [1.807, 2.05) is 0 Å². The van der Waals surface area contributed by atoms with Crippen LogP contribution in [-0.2, 0) is 16.4 Å². The molecule has 1 N–H and O–H groups in total. The molecule has 0 fully saturated rings. The Morgan fingerprint density at radius 1 is 1.45 bits per heavy atom. The average molecular weight is 317 g/mol. The van der Waals surface area contributed by atoms with Crippen LogP contribution < -0.4 is 0 Å². The minimum absolute atomic E-state index is 0.0650. The molecule has 0 radical (unpaired) electrons. The highest BCUT2D eigenvalue weighted by Crippen LogP contribution is 2.28. The number of aromatic carboxylic acids is 1. The standard InChI is InChI=1S/C10H9ClN4O4S/c1-20(18,19)8-3-2-6(10(16)17)9(11)7(8)4-15-13-5-12-14-15/h2-3,5H,4H2,1H3,(H,16,17). The fraction of sp³-hybridized carbons (Fsp3) is 0.200. The van der Waals surface area contributed by atoms with Crippen molar-refractivity contribution >= 4 is 27.4 Å². The van der Waals surface area contributed by atoms with Crippen LogP contribution in [0.25, 0.3) is 0 Å². The number of carboxylic acids is 1. The number of carboxylic acid groups (broad SMARTS) is 1.